The molecule has 2 atom stereocenters. The van der Waals surface area contributed by atoms with Crippen molar-refractivity contribution in [2.45, 2.75) is 54.7 Å². The average Bonchev–Trinajstić information content (AvgIpc) is 3.16. The topological polar surface area (TPSA) is 102 Å². The number of alkyl halides is 2. The standard InChI is InChI=1S/C17H20O4S2.C10H13FO2S.C9H12FP.C6H7P.FH.2H2/c1-14-4-8-16(9-5-14)22(18,19)12-3-13-23(20,21)17-10-6-15(2)7-11-17;1-9-3-5-10(6-4-9)14(12,13)8-2-7-11;10-7-4-8-11-9-5-2-1-3-6-9;7-6-4-2-1-3-5-6;;;/h4-11H,3,12-13H2,1-2H3;3-6H,2,7-8H2,1H3;1-3,5-6,11H,4,7-8H2;1-5H,7H2;3*1H/p-1/i;11-1;10-1;;1-1;2*1+1. The van der Waals surface area contributed by atoms with Crippen molar-refractivity contribution in [3.05, 3.63) is 150 Å². The van der Waals surface area contributed by atoms with E-state index < -0.39 is 36.2 Å². The summed E-state index contributed by atoms with van der Waals surface area (Å²) in [5.74, 6) is -0.477. The Labute approximate surface area is 339 Å². The van der Waals surface area contributed by atoms with Gasteiger partial charge < -0.3 is 4.70 Å². The smallest absolute Gasteiger partial charge is 0.178 e. The Balaban J connectivity index is 0. The van der Waals surface area contributed by atoms with E-state index in [0.717, 1.165) is 31.4 Å². The number of rotatable bonds is 14. The van der Waals surface area contributed by atoms with Gasteiger partial charge in [0.25, 0.3) is 0 Å². The summed E-state index contributed by atoms with van der Waals surface area (Å²) in [7, 11) is -6.78. The van der Waals surface area contributed by atoms with Crippen LogP contribution < -0.4 is 15.3 Å². The van der Waals surface area contributed by atoms with E-state index in [9.17, 15) is 34.0 Å². The summed E-state index contributed by atoms with van der Waals surface area (Å²) in [6.45, 7) is 4.87. The molecule has 0 aliphatic heterocycles. The summed E-state index contributed by atoms with van der Waals surface area (Å²) in [4.78, 5) is 0.739. The summed E-state index contributed by atoms with van der Waals surface area (Å²) in [5.41, 5.74) is 2.96. The number of halogens is 3. The zero-order valence-electron chi connectivity index (χ0n) is 32.0. The van der Waals surface area contributed by atoms with E-state index in [-0.39, 0.29) is 59.0 Å². The first kappa shape index (κ1) is 50.6. The summed E-state index contributed by atoms with van der Waals surface area (Å²) in [6.07, 6.45) is 1.83. The molecule has 0 aliphatic rings. The first-order valence-electron chi connectivity index (χ1n) is 17.7. The van der Waals surface area contributed by atoms with Gasteiger partial charge in [0.1, 0.15) is 0 Å². The first-order chi connectivity index (χ1) is 26.1. The van der Waals surface area contributed by atoms with Crippen molar-refractivity contribution < 1.29 is 41.6 Å². The fraction of sp³-hybridized carbons (Fsp3) is 0.286. The van der Waals surface area contributed by atoms with Crippen LogP contribution in [-0.4, -0.2) is 62.0 Å². The zero-order valence-corrected chi connectivity index (χ0v) is 36.6. The molecule has 0 aromatic heterocycles. The fourth-order valence-corrected chi connectivity index (χ4v) is 9.91. The maximum absolute atomic E-state index is 12.2. The highest BCUT2D eigenvalue weighted by molar-refractivity contribution is 7.92. The van der Waals surface area contributed by atoms with Crippen molar-refractivity contribution in [2.75, 3.05) is 36.8 Å². The molecule has 0 saturated heterocycles. The largest absolute Gasteiger partial charge is 1.00 e. The second kappa shape index (κ2) is 26.5. The molecular formula is C42H56F3O6P2S3-. The van der Waals surface area contributed by atoms with Gasteiger partial charge in [-0.3, -0.25) is 8.78 Å². The fourth-order valence-electron chi connectivity index (χ4n) is 4.58. The number of hydrogen-bond donors (Lipinski definition) is 0. The molecule has 0 bridgehead atoms. The van der Waals surface area contributed by atoms with E-state index in [1.54, 1.807) is 72.8 Å². The second-order valence-electron chi connectivity index (χ2n) is 12.5. The number of benzene rings is 5. The van der Waals surface area contributed by atoms with Gasteiger partial charge in [0.15, 0.2) is 29.5 Å². The van der Waals surface area contributed by atoms with Gasteiger partial charge in [-0.2, -0.15) is 0 Å². The summed E-state index contributed by atoms with van der Waals surface area (Å²) in [5, 5.41) is 2.57. The molecular weight excluding hydrogens is 813 g/mol. The van der Waals surface area contributed by atoms with Crippen molar-refractivity contribution in [3.8, 4) is 0 Å². The van der Waals surface area contributed by atoms with Crippen molar-refractivity contribution in [1.29, 1.82) is 0 Å². The van der Waals surface area contributed by atoms with E-state index >= 15 is 0 Å². The zero-order chi connectivity index (χ0) is 40.7. The molecule has 310 valence electrons. The monoisotopic (exact) mass is 870 g/mol. The van der Waals surface area contributed by atoms with E-state index in [2.05, 4.69) is 21.4 Å². The molecule has 0 radical (unpaired) electrons. The van der Waals surface area contributed by atoms with Crippen LogP contribution in [0.1, 0.15) is 38.8 Å². The third-order valence-corrected chi connectivity index (χ3v) is 14.9. The predicted octanol–water partition coefficient (Wildman–Crippen LogP) is 6.10. The minimum atomic E-state index is -3.45. The molecule has 0 saturated carbocycles. The molecule has 14 heteroatoms. The minimum Gasteiger partial charge on any atom is -1.00 e. The highest BCUT2D eigenvalue weighted by atomic mass is 32.2. The van der Waals surface area contributed by atoms with Crippen molar-refractivity contribution in [1.82, 2.24) is 0 Å². The Bertz CT molecular complexity index is 2080. The molecule has 56 heavy (non-hydrogen) atoms. The normalized spacial score (nSPS) is 11.2. The Morgan fingerprint density at radius 1 is 0.482 bits per heavy atom. The van der Waals surface area contributed by atoms with Gasteiger partial charge in [-0.25, -0.2) is 25.3 Å². The van der Waals surface area contributed by atoms with Crippen LogP contribution in [0.2, 0.25) is 0 Å². The van der Waals surface area contributed by atoms with Gasteiger partial charge >= 0.3 is 0 Å². The highest BCUT2D eigenvalue weighted by Crippen LogP contribution is 2.17. The lowest BCUT2D eigenvalue weighted by Crippen LogP contribution is -3.00. The summed E-state index contributed by atoms with van der Waals surface area (Å²) >= 11 is 0. The van der Waals surface area contributed by atoms with Gasteiger partial charge in [-0.15, -0.1) is 9.24 Å². The van der Waals surface area contributed by atoms with E-state index in [0.29, 0.717) is 6.42 Å². The van der Waals surface area contributed by atoms with Gasteiger partial charge in [-0.1, -0.05) is 122 Å². The Kier molecular flexibility index (Phi) is 24.0. The van der Waals surface area contributed by atoms with Crippen LogP contribution in [0.25, 0.3) is 0 Å². The van der Waals surface area contributed by atoms with Crippen LogP contribution in [0.5, 0.6) is 0 Å². The van der Waals surface area contributed by atoms with Crippen LogP contribution in [0, 0.1) is 20.8 Å². The number of aryl methyl sites for hydroxylation is 3. The summed E-state index contributed by atoms with van der Waals surface area (Å²) < 4.78 is 95.5. The summed E-state index contributed by atoms with van der Waals surface area (Å²) in [6, 6.07) is 40.1. The lowest BCUT2D eigenvalue weighted by atomic mass is 10.2. The van der Waals surface area contributed by atoms with E-state index in [4.69, 9.17) is 0 Å². The minimum absolute atomic E-state index is 0. The number of hydrogen-bond acceptors (Lipinski definition) is 6. The third-order valence-electron chi connectivity index (χ3n) is 7.73. The SMILES string of the molecule is Cc1ccc(S(=O)(=O)CCCS(=O)(=O)c2ccc(C)cc2)cc1.Cc1ccc(S(=O)(=O)CCC[18F])cc1.Pc1ccccc1.[18F-].[18F]CCCPc1ccccc1.[2HH].[2HH]. The predicted molar refractivity (Wildman–Crippen MR) is 235 cm³/mol. The molecule has 0 N–H and O–H groups in total. The van der Waals surface area contributed by atoms with E-state index in [1.165, 1.54) is 10.6 Å². The average molecular weight is 871 g/mol. The molecule has 5 rings (SSSR count). The van der Waals surface area contributed by atoms with Gasteiger partial charge in [-0.05, 0) is 93.2 Å². The Morgan fingerprint density at radius 3 is 1.11 bits per heavy atom. The lowest BCUT2D eigenvalue weighted by molar-refractivity contribution is -0.0000193. The van der Waals surface area contributed by atoms with Gasteiger partial charge in [0.2, 0.25) is 0 Å². The van der Waals surface area contributed by atoms with Gasteiger partial charge in [0.05, 0.1) is 45.3 Å². The molecule has 2 unspecified atom stereocenters. The van der Waals surface area contributed by atoms with Crippen molar-refractivity contribution >= 4 is 57.9 Å². The quantitative estimate of drug-likeness (QED) is 0.0988. The third kappa shape index (κ3) is 20.1. The maximum Gasteiger partial charge on any atom is 0.178 e. The molecule has 6 nitrogen and oxygen atoms in total. The molecule has 0 heterocycles. The maximum atomic E-state index is 12.2. The molecule has 0 aliphatic carbocycles. The van der Waals surface area contributed by atoms with Crippen LogP contribution in [0.3, 0.4) is 0 Å². The Hall–Kier alpha value is -3.40. The first-order valence-corrected chi connectivity index (χ1v) is 24.4. The van der Waals surface area contributed by atoms with Crippen molar-refractivity contribution in [3.63, 3.8) is 0 Å². The van der Waals surface area contributed by atoms with E-state index in [1.807, 2.05) is 69.3 Å². The number of sulfone groups is 3. The van der Waals surface area contributed by atoms with Crippen LogP contribution in [0.15, 0.2) is 148 Å². The van der Waals surface area contributed by atoms with Crippen molar-refractivity contribution in [2.24, 2.45) is 0 Å². The van der Waals surface area contributed by atoms with Crippen LogP contribution >= 0.6 is 17.8 Å². The van der Waals surface area contributed by atoms with Gasteiger partial charge in [0, 0.05) is 2.85 Å². The highest BCUT2D eigenvalue weighted by Gasteiger charge is 2.19. The lowest BCUT2D eigenvalue weighted by Gasteiger charge is -2.07. The molecule has 0 fully saturated rings. The molecule has 0 amide bonds. The molecule has 5 aromatic rings. The molecule has 0 spiro atoms. The molecule has 5 aromatic carbocycles. The second-order valence-corrected chi connectivity index (χ2v) is 21.0. The van der Waals surface area contributed by atoms with Crippen LogP contribution in [0.4, 0.5) is 8.78 Å². The van der Waals surface area contributed by atoms with Crippen LogP contribution in [-0.2, 0) is 29.5 Å². The Morgan fingerprint density at radius 2 is 0.804 bits per heavy atom.